The zero-order valence-electron chi connectivity index (χ0n) is 12.2. The molecule has 6 nitrogen and oxygen atoms in total. The van der Waals surface area contributed by atoms with Crippen LogP contribution in [-0.2, 0) is 4.74 Å². The number of aryl methyl sites for hydroxylation is 1. The minimum atomic E-state index is -0.323. The Hall–Kier alpha value is -2.08. The van der Waals surface area contributed by atoms with E-state index in [1.165, 1.54) is 6.26 Å². The lowest BCUT2D eigenvalue weighted by Gasteiger charge is -2.32. The number of hydrogen-bond donors (Lipinski definition) is 0. The fourth-order valence-corrected chi connectivity index (χ4v) is 2.59. The number of ether oxygens (including phenoxy) is 1. The van der Waals surface area contributed by atoms with Crippen molar-refractivity contribution in [2.75, 3.05) is 18.0 Å². The second-order valence-electron chi connectivity index (χ2n) is 5.20. The number of anilines is 1. The highest BCUT2D eigenvalue weighted by molar-refractivity contribution is 6.29. The molecule has 2 aromatic rings. The maximum absolute atomic E-state index is 12.1. The van der Waals surface area contributed by atoms with Crippen LogP contribution in [0.15, 0.2) is 28.9 Å². The Balaban J connectivity index is 1.55. The summed E-state index contributed by atoms with van der Waals surface area (Å²) in [4.78, 5) is 14.2. The second kappa shape index (κ2) is 6.36. The number of esters is 1. The van der Waals surface area contributed by atoms with E-state index in [9.17, 15) is 4.79 Å². The molecule has 0 spiro atoms. The van der Waals surface area contributed by atoms with Crippen LogP contribution in [0.2, 0.25) is 5.15 Å². The predicted molar refractivity (Wildman–Crippen MR) is 81.1 cm³/mol. The van der Waals surface area contributed by atoms with E-state index < -0.39 is 0 Å². The second-order valence-corrected chi connectivity index (χ2v) is 5.58. The molecule has 116 valence electrons. The van der Waals surface area contributed by atoms with Gasteiger partial charge in [0.2, 0.25) is 0 Å². The van der Waals surface area contributed by atoms with E-state index in [1.807, 2.05) is 6.07 Å². The van der Waals surface area contributed by atoms with E-state index >= 15 is 0 Å². The largest absolute Gasteiger partial charge is 0.469 e. The Kier molecular flexibility index (Phi) is 4.29. The Labute approximate surface area is 133 Å². The van der Waals surface area contributed by atoms with Crippen LogP contribution < -0.4 is 4.90 Å². The summed E-state index contributed by atoms with van der Waals surface area (Å²) in [5, 5.41) is 8.28. The van der Waals surface area contributed by atoms with Gasteiger partial charge in [0.25, 0.3) is 0 Å². The van der Waals surface area contributed by atoms with Crippen molar-refractivity contribution in [3.63, 3.8) is 0 Å². The molecule has 1 aliphatic heterocycles. The first-order valence-electron chi connectivity index (χ1n) is 7.13. The molecule has 7 heteroatoms. The van der Waals surface area contributed by atoms with Gasteiger partial charge in [-0.2, -0.15) is 0 Å². The predicted octanol–water partition coefficient (Wildman–Crippen LogP) is 2.86. The van der Waals surface area contributed by atoms with Crippen LogP contribution in [0.4, 0.5) is 5.82 Å². The molecule has 0 amide bonds. The Morgan fingerprint density at radius 3 is 2.68 bits per heavy atom. The molecule has 1 fully saturated rings. The number of piperidine rings is 1. The first-order valence-corrected chi connectivity index (χ1v) is 7.50. The van der Waals surface area contributed by atoms with Crippen LogP contribution in [-0.4, -0.2) is 35.4 Å². The first kappa shape index (κ1) is 14.8. The van der Waals surface area contributed by atoms with Crippen molar-refractivity contribution >= 4 is 23.4 Å². The summed E-state index contributed by atoms with van der Waals surface area (Å²) in [6, 6.07) is 5.20. The van der Waals surface area contributed by atoms with E-state index in [0.29, 0.717) is 16.5 Å². The van der Waals surface area contributed by atoms with Crippen LogP contribution in [0, 0.1) is 6.92 Å². The van der Waals surface area contributed by atoms with Crippen LogP contribution in [0.1, 0.15) is 29.0 Å². The number of halogens is 1. The molecule has 0 atom stereocenters. The summed E-state index contributed by atoms with van der Waals surface area (Å²) in [5.74, 6) is 1.05. The molecule has 3 heterocycles. The zero-order chi connectivity index (χ0) is 15.5. The SMILES string of the molecule is Cc1occc1C(=O)OC1CCN(c2ccc(Cl)nn2)CC1. The molecule has 0 aromatic carbocycles. The van der Waals surface area contributed by atoms with Crippen molar-refractivity contribution in [3.8, 4) is 0 Å². The quantitative estimate of drug-likeness (QED) is 0.810. The van der Waals surface area contributed by atoms with Gasteiger partial charge >= 0.3 is 5.97 Å². The van der Waals surface area contributed by atoms with Gasteiger partial charge in [-0.25, -0.2) is 4.79 Å². The molecule has 1 saturated heterocycles. The molecule has 3 rings (SSSR count). The zero-order valence-corrected chi connectivity index (χ0v) is 12.9. The normalized spacial score (nSPS) is 15.8. The van der Waals surface area contributed by atoms with E-state index in [1.54, 1.807) is 19.1 Å². The van der Waals surface area contributed by atoms with Crippen LogP contribution in [0.25, 0.3) is 0 Å². The Morgan fingerprint density at radius 1 is 1.32 bits per heavy atom. The van der Waals surface area contributed by atoms with E-state index in [-0.39, 0.29) is 12.1 Å². The van der Waals surface area contributed by atoms with Crippen molar-refractivity contribution in [3.05, 3.63) is 40.9 Å². The van der Waals surface area contributed by atoms with Crippen molar-refractivity contribution in [2.45, 2.75) is 25.9 Å². The average molecular weight is 322 g/mol. The molecule has 0 unspecified atom stereocenters. The minimum Gasteiger partial charge on any atom is -0.469 e. The smallest absolute Gasteiger partial charge is 0.341 e. The topological polar surface area (TPSA) is 68.5 Å². The highest BCUT2D eigenvalue weighted by Gasteiger charge is 2.24. The van der Waals surface area contributed by atoms with Gasteiger partial charge in [-0.05, 0) is 25.1 Å². The number of rotatable bonds is 3. The van der Waals surface area contributed by atoms with Gasteiger partial charge in [0.15, 0.2) is 11.0 Å². The first-order chi connectivity index (χ1) is 10.6. The summed E-state index contributed by atoms with van der Waals surface area (Å²) >= 11 is 5.74. The van der Waals surface area contributed by atoms with Gasteiger partial charge < -0.3 is 14.1 Å². The van der Waals surface area contributed by atoms with Crippen LogP contribution in [0.3, 0.4) is 0 Å². The number of carbonyl (C=O) groups is 1. The number of carbonyl (C=O) groups excluding carboxylic acids is 1. The van der Waals surface area contributed by atoms with Crippen LogP contribution in [0.5, 0.6) is 0 Å². The van der Waals surface area contributed by atoms with E-state index in [2.05, 4.69) is 15.1 Å². The lowest BCUT2D eigenvalue weighted by molar-refractivity contribution is 0.0243. The van der Waals surface area contributed by atoms with Gasteiger partial charge in [0.05, 0.1) is 6.26 Å². The Bertz CT molecular complexity index is 648. The number of hydrogen-bond acceptors (Lipinski definition) is 6. The third-order valence-electron chi connectivity index (χ3n) is 3.74. The van der Waals surface area contributed by atoms with Crippen molar-refractivity contribution in [1.82, 2.24) is 10.2 Å². The molecule has 0 aliphatic carbocycles. The summed E-state index contributed by atoms with van der Waals surface area (Å²) < 4.78 is 10.7. The molecule has 0 saturated carbocycles. The highest BCUT2D eigenvalue weighted by Crippen LogP contribution is 2.21. The number of aromatic nitrogens is 2. The highest BCUT2D eigenvalue weighted by atomic mass is 35.5. The summed E-state index contributed by atoms with van der Waals surface area (Å²) in [5.41, 5.74) is 0.492. The minimum absolute atomic E-state index is 0.0849. The van der Waals surface area contributed by atoms with Crippen molar-refractivity contribution < 1.29 is 13.9 Å². The van der Waals surface area contributed by atoms with Gasteiger partial charge in [0.1, 0.15) is 17.4 Å². The maximum atomic E-state index is 12.1. The maximum Gasteiger partial charge on any atom is 0.341 e. The molecule has 0 N–H and O–H groups in total. The standard InChI is InChI=1S/C15H16ClN3O3/c1-10-12(6-9-21-10)15(20)22-11-4-7-19(8-5-11)14-3-2-13(16)17-18-14/h2-3,6,9,11H,4-5,7-8H2,1H3. The number of nitrogens with zero attached hydrogens (tertiary/aromatic N) is 3. The molecule has 22 heavy (non-hydrogen) atoms. The van der Waals surface area contributed by atoms with Gasteiger partial charge in [0, 0.05) is 25.9 Å². The molecule has 0 bridgehead atoms. The van der Waals surface area contributed by atoms with Crippen LogP contribution >= 0.6 is 11.6 Å². The fourth-order valence-electron chi connectivity index (χ4n) is 2.49. The third kappa shape index (κ3) is 3.22. The van der Waals surface area contributed by atoms with E-state index in [0.717, 1.165) is 31.7 Å². The lowest BCUT2D eigenvalue weighted by Crippen LogP contribution is -2.38. The van der Waals surface area contributed by atoms with Crippen molar-refractivity contribution in [2.24, 2.45) is 0 Å². The summed E-state index contributed by atoms with van der Waals surface area (Å²) in [6.07, 6.45) is 2.92. The van der Waals surface area contributed by atoms with Crippen molar-refractivity contribution in [1.29, 1.82) is 0 Å². The molecule has 2 aromatic heterocycles. The lowest BCUT2D eigenvalue weighted by atomic mass is 10.1. The molecular weight excluding hydrogens is 306 g/mol. The van der Waals surface area contributed by atoms with E-state index in [4.69, 9.17) is 20.8 Å². The molecule has 1 aliphatic rings. The average Bonchev–Trinajstić information content (AvgIpc) is 2.95. The Morgan fingerprint density at radius 2 is 2.09 bits per heavy atom. The van der Waals surface area contributed by atoms with Gasteiger partial charge in [-0.1, -0.05) is 11.6 Å². The monoisotopic (exact) mass is 321 g/mol. The number of furan rings is 1. The molecular formula is C15H16ClN3O3. The molecule has 0 radical (unpaired) electrons. The summed E-state index contributed by atoms with van der Waals surface area (Å²) in [6.45, 7) is 3.27. The fraction of sp³-hybridized carbons (Fsp3) is 0.400. The third-order valence-corrected chi connectivity index (χ3v) is 3.94. The summed E-state index contributed by atoms with van der Waals surface area (Å²) in [7, 11) is 0. The van der Waals surface area contributed by atoms with Gasteiger partial charge in [-0.15, -0.1) is 10.2 Å². The van der Waals surface area contributed by atoms with Gasteiger partial charge in [-0.3, -0.25) is 0 Å².